The van der Waals surface area contributed by atoms with Gasteiger partial charge in [-0.3, -0.25) is 0 Å². The summed E-state index contributed by atoms with van der Waals surface area (Å²) in [6, 6.07) is 26.4. The number of para-hydroxylation sites is 1. The predicted octanol–water partition coefficient (Wildman–Crippen LogP) is 7.11. The van der Waals surface area contributed by atoms with Gasteiger partial charge in [0.2, 0.25) is 5.72 Å². The summed E-state index contributed by atoms with van der Waals surface area (Å²) in [6.07, 6.45) is 4.52. The van der Waals surface area contributed by atoms with Crippen LogP contribution in [0.5, 0.6) is 5.75 Å². The SMILES string of the molecule is CN1c2ccccc2C(C)(C)C12C=Cc1cc3ccc4cccc5ccc(c1O2)c3c45. The van der Waals surface area contributed by atoms with E-state index < -0.39 is 5.72 Å². The van der Waals surface area contributed by atoms with Crippen molar-refractivity contribution in [3.63, 3.8) is 0 Å². The van der Waals surface area contributed by atoms with Gasteiger partial charge in [-0.25, -0.2) is 0 Å². The van der Waals surface area contributed by atoms with E-state index >= 15 is 0 Å². The van der Waals surface area contributed by atoms with Crippen LogP contribution < -0.4 is 9.64 Å². The van der Waals surface area contributed by atoms with Gasteiger partial charge >= 0.3 is 0 Å². The predicted molar refractivity (Wildman–Crippen MR) is 130 cm³/mol. The van der Waals surface area contributed by atoms with Gasteiger partial charge in [-0.2, -0.15) is 0 Å². The van der Waals surface area contributed by atoms with Crippen molar-refractivity contribution in [2.45, 2.75) is 25.0 Å². The maximum atomic E-state index is 7.09. The first-order chi connectivity index (χ1) is 15.0. The summed E-state index contributed by atoms with van der Waals surface area (Å²) >= 11 is 0. The standard InChI is InChI=1S/C29H23NO/c1-28(2)23-9-4-5-10-24(23)30(3)29(28)16-15-21-17-20-12-11-18-7-6-8-19-13-14-22(27(21)31-29)26(20)25(18)19/h4-17H,1-3H3. The Labute approximate surface area is 181 Å². The van der Waals surface area contributed by atoms with Gasteiger partial charge in [-0.05, 0) is 71.3 Å². The van der Waals surface area contributed by atoms with E-state index in [1.54, 1.807) is 0 Å². The fourth-order valence-electron chi connectivity index (χ4n) is 6.04. The minimum atomic E-state index is -0.563. The zero-order chi connectivity index (χ0) is 21.0. The number of hydrogen-bond donors (Lipinski definition) is 0. The largest absolute Gasteiger partial charge is 0.462 e. The zero-order valence-corrected chi connectivity index (χ0v) is 17.9. The van der Waals surface area contributed by atoms with Crippen molar-refractivity contribution in [3.8, 4) is 5.75 Å². The maximum absolute atomic E-state index is 7.09. The van der Waals surface area contributed by atoms with Gasteiger partial charge in [0.05, 0.1) is 5.41 Å². The fourth-order valence-corrected chi connectivity index (χ4v) is 6.04. The molecule has 2 nitrogen and oxygen atoms in total. The molecule has 7 rings (SSSR count). The van der Waals surface area contributed by atoms with Crippen LogP contribution in [0.4, 0.5) is 5.69 Å². The third-order valence-corrected chi connectivity index (χ3v) is 7.71. The molecule has 1 spiro atoms. The quantitative estimate of drug-likeness (QED) is 0.256. The molecule has 2 aliphatic heterocycles. The molecule has 5 aromatic rings. The molecular weight excluding hydrogens is 378 g/mol. The van der Waals surface area contributed by atoms with Crippen LogP contribution in [0.25, 0.3) is 38.4 Å². The second kappa shape index (κ2) is 5.39. The summed E-state index contributed by atoms with van der Waals surface area (Å²) in [5, 5.41) is 7.65. The minimum Gasteiger partial charge on any atom is -0.462 e. The van der Waals surface area contributed by atoms with E-state index in [1.807, 2.05) is 0 Å². The summed E-state index contributed by atoms with van der Waals surface area (Å²) in [7, 11) is 2.15. The van der Waals surface area contributed by atoms with Gasteiger partial charge in [0.1, 0.15) is 5.75 Å². The summed E-state index contributed by atoms with van der Waals surface area (Å²) in [6.45, 7) is 4.58. The molecule has 0 amide bonds. The third kappa shape index (κ3) is 1.90. The average Bonchev–Trinajstić information content (AvgIpc) is 2.96. The Hall–Kier alpha value is -3.52. The Morgan fingerprint density at radius 3 is 2.32 bits per heavy atom. The van der Waals surface area contributed by atoms with Gasteiger partial charge in [-0.15, -0.1) is 0 Å². The van der Waals surface area contributed by atoms with E-state index in [2.05, 4.69) is 111 Å². The molecule has 0 aliphatic carbocycles. The van der Waals surface area contributed by atoms with Gasteiger partial charge in [0.25, 0.3) is 0 Å². The highest BCUT2D eigenvalue weighted by atomic mass is 16.5. The Kier molecular flexibility index (Phi) is 2.99. The highest BCUT2D eigenvalue weighted by Crippen LogP contribution is 2.55. The smallest absolute Gasteiger partial charge is 0.211 e. The van der Waals surface area contributed by atoms with Gasteiger partial charge < -0.3 is 9.64 Å². The Morgan fingerprint density at radius 1 is 0.774 bits per heavy atom. The Morgan fingerprint density at radius 2 is 1.52 bits per heavy atom. The lowest BCUT2D eigenvalue weighted by atomic mass is 9.76. The number of anilines is 1. The summed E-state index contributed by atoms with van der Waals surface area (Å²) < 4.78 is 7.09. The van der Waals surface area contributed by atoms with Crippen LogP contribution in [0.3, 0.4) is 0 Å². The van der Waals surface area contributed by atoms with Crippen molar-refractivity contribution >= 4 is 44.1 Å². The number of ether oxygens (including phenoxy) is 1. The number of hydrogen-bond acceptors (Lipinski definition) is 2. The van der Waals surface area contributed by atoms with Crippen molar-refractivity contribution in [2.24, 2.45) is 0 Å². The molecule has 31 heavy (non-hydrogen) atoms. The average molecular weight is 402 g/mol. The molecule has 0 saturated heterocycles. The highest BCUT2D eigenvalue weighted by molar-refractivity contribution is 6.24. The number of rotatable bonds is 0. The third-order valence-electron chi connectivity index (χ3n) is 7.71. The van der Waals surface area contributed by atoms with Gasteiger partial charge in [-0.1, -0.05) is 54.6 Å². The Bertz CT molecular complexity index is 1540. The molecule has 2 heteroatoms. The van der Waals surface area contributed by atoms with Crippen molar-refractivity contribution in [1.82, 2.24) is 0 Å². The molecule has 2 aliphatic rings. The van der Waals surface area contributed by atoms with Crippen LogP contribution in [0, 0.1) is 0 Å². The number of benzene rings is 5. The highest BCUT2D eigenvalue weighted by Gasteiger charge is 2.57. The molecule has 1 unspecified atom stereocenters. The lowest BCUT2D eigenvalue weighted by Crippen LogP contribution is -2.58. The molecule has 150 valence electrons. The fraction of sp³-hybridized carbons (Fsp3) is 0.172. The summed E-state index contributed by atoms with van der Waals surface area (Å²) in [5.74, 6) is 0.987. The van der Waals surface area contributed by atoms with Crippen molar-refractivity contribution < 1.29 is 4.74 Å². The van der Waals surface area contributed by atoms with E-state index in [1.165, 1.54) is 43.6 Å². The van der Waals surface area contributed by atoms with Crippen molar-refractivity contribution in [2.75, 3.05) is 11.9 Å². The van der Waals surface area contributed by atoms with E-state index in [0.29, 0.717) is 0 Å². The van der Waals surface area contributed by atoms with Crippen LogP contribution in [-0.2, 0) is 5.41 Å². The molecule has 0 N–H and O–H groups in total. The molecule has 0 radical (unpaired) electrons. The molecule has 5 aromatic carbocycles. The maximum Gasteiger partial charge on any atom is 0.211 e. The summed E-state index contributed by atoms with van der Waals surface area (Å²) in [4.78, 5) is 2.31. The summed E-state index contributed by atoms with van der Waals surface area (Å²) in [5.41, 5.74) is 2.95. The van der Waals surface area contributed by atoms with Crippen molar-refractivity contribution in [1.29, 1.82) is 0 Å². The van der Waals surface area contributed by atoms with Crippen LogP contribution >= 0.6 is 0 Å². The van der Waals surface area contributed by atoms with Crippen molar-refractivity contribution in [3.05, 3.63) is 90.0 Å². The van der Waals surface area contributed by atoms with Crippen LogP contribution in [0.2, 0.25) is 0 Å². The van der Waals surface area contributed by atoms with Crippen LogP contribution in [0.15, 0.2) is 78.9 Å². The Balaban J connectivity index is 1.54. The molecule has 0 fully saturated rings. The normalized spacial score (nSPS) is 21.2. The molecule has 2 heterocycles. The van der Waals surface area contributed by atoms with E-state index in [4.69, 9.17) is 4.74 Å². The molecule has 0 saturated carbocycles. The first kappa shape index (κ1) is 17.2. The number of fused-ring (bicyclic) bond motifs is 3. The zero-order valence-electron chi connectivity index (χ0n) is 17.9. The first-order valence-corrected chi connectivity index (χ1v) is 10.9. The van der Waals surface area contributed by atoms with E-state index in [9.17, 15) is 0 Å². The first-order valence-electron chi connectivity index (χ1n) is 10.9. The van der Waals surface area contributed by atoms with Crippen LogP contribution in [0.1, 0.15) is 25.0 Å². The topological polar surface area (TPSA) is 12.5 Å². The van der Waals surface area contributed by atoms with Crippen LogP contribution in [-0.4, -0.2) is 12.8 Å². The minimum absolute atomic E-state index is 0.198. The lowest BCUT2D eigenvalue weighted by molar-refractivity contribution is 0.0599. The molecular formula is C29H23NO. The molecule has 0 bridgehead atoms. The monoisotopic (exact) mass is 401 g/mol. The second-order valence-corrected chi connectivity index (χ2v) is 9.48. The van der Waals surface area contributed by atoms with E-state index in [-0.39, 0.29) is 5.41 Å². The van der Waals surface area contributed by atoms with E-state index in [0.717, 1.165) is 11.3 Å². The number of likely N-dealkylation sites (N-methyl/N-ethyl adjacent to an activating group) is 1. The molecule has 1 atom stereocenters. The lowest BCUT2D eigenvalue weighted by Gasteiger charge is -2.46. The molecule has 0 aromatic heterocycles. The number of nitrogens with zero attached hydrogens (tertiary/aromatic N) is 1. The van der Waals surface area contributed by atoms with Gasteiger partial charge in [0.15, 0.2) is 0 Å². The second-order valence-electron chi connectivity index (χ2n) is 9.48. The van der Waals surface area contributed by atoms with Gasteiger partial charge in [0, 0.05) is 29.1 Å².